The Labute approximate surface area is 152 Å². The second kappa shape index (κ2) is 8.86. The minimum atomic E-state index is 0.0582. The van der Waals surface area contributed by atoms with Crippen molar-refractivity contribution < 1.29 is 4.79 Å². The van der Waals surface area contributed by atoms with E-state index < -0.39 is 0 Å². The van der Waals surface area contributed by atoms with Crippen LogP contribution in [0.2, 0.25) is 0 Å². The number of hydrogen-bond donors (Lipinski definition) is 1. The van der Waals surface area contributed by atoms with E-state index in [-0.39, 0.29) is 12.5 Å². The molecule has 0 saturated heterocycles. The Morgan fingerprint density at radius 2 is 1.92 bits per heavy atom. The smallest absolute Gasteiger partial charge is 0.242 e. The van der Waals surface area contributed by atoms with Gasteiger partial charge >= 0.3 is 0 Å². The van der Waals surface area contributed by atoms with Gasteiger partial charge in [-0.05, 0) is 30.0 Å². The predicted octanol–water partition coefficient (Wildman–Crippen LogP) is 3.66. The lowest BCUT2D eigenvalue weighted by Crippen LogP contribution is -2.36. The van der Waals surface area contributed by atoms with Crippen molar-refractivity contribution in [1.29, 1.82) is 0 Å². The molecule has 1 amide bonds. The van der Waals surface area contributed by atoms with E-state index in [9.17, 15) is 4.79 Å². The van der Waals surface area contributed by atoms with Crippen molar-refractivity contribution in [3.63, 3.8) is 0 Å². The first kappa shape index (κ1) is 19.3. The summed E-state index contributed by atoms with van der Waals surface area (Å²) in [5.41, 5.74) is 3.75. The van der Waals surface area contributed by atoms with Gasteiger partial charge < -0.3 is 10.2 Å². The molecular formula is C21H31N3O. The molecule has 0 aliphatic carbocycles. The van der Waals surface area contributed by atoms with Gasteiger partial charge in [-0.1, -0.05) is 38.1 Å². The van der Waals surface area contributed by atoms with Crippen LogP contribution in [0.1, 0.15) is 31.9 Å². The molecule has 0 saturated carbocycles. The van der Waals surface area contributed by atoms with Gasteiger partial charge in [-0.25, -0.2) is 0 Å². The molecule has 0 bridgehead atoms. The van der Waals surface area contributed by atoms with Crippen LogP contribution in [-0.2, 0) is 17.9 Å². The molecule has 2 rings (SSSR count). The van der Waals surface area contributed by atoms with Gasteiger partial charge in [0.15, 0.2) is 0 Å². The van der Waals surface area contributed by atoms with Crippen LogP contribution < -0.4 is 5.32 Å². The van der Waals surface area contributed by atoms with E-state index in [0.29, 0.717) is 25.0 Å². The molecule has 1 atom stereocenters. The molecule has 4 heteroatoms. The number of carbonyl (C=O) groups is 1. The number of fused-ring (bicyclic) bond motifs is 1. The van der Waals surface area contributed by atoms with Crippen LogP contribution in [-0.4, -0.2) is 41.4 Å². The summed E-state index contributed by atoms with van der Waals surface area (Å²) in [4.78, 5) is 16.7. The molecule has 136 valence electrons. The van der Waals surface area contributed by atoms with Crippen LogP contribution in [0.5, 0.6) is 0 Å². The van der Waals surface area contributed by atoms with E-state index in [1.165, 1.54) is 11.1 Å². The minimum absolute atomic E-state index is 0.0582. The summed E-state index contributed by atoms with van der Waals surface area (Å²) in [7, 11) is 0. The van der Waals surface area contributed by atoms with Crippen molar-refractivity contribution in [2.45, 2.75) is 39.9 Å². The van der Waals surface area contributed by atoms with Gasteiger partial charge in [-0.2, -0.15) is 0 Å². The van der Waals surface area contributed by atoms with Crippen molar-refractivity contribution in [3.05, 3.63) is 54.6 Å². The summed E-state index contributed by atoms with van der Waals surface area (Å²) in [6.45, 7) is 17.5. The topological polar surface area (TPSA) is 35.6 Å². The van der Waals surface area contributed by atoms with E-state index in [1.807, 2.05) is 0 Å². The summed E-state index contributed by atoms with van der Waals surface area (Å²) in [5.74, 6) is 0.682. The van der Waals surface area contributed by atoms with Crippen LogP contribution in [0.3, 0.4) is 0 Å². The first-order valence-electron chi connectivity index (χ1n) is 9.06. The van der Waals surface area contributed by atoms with Crippen molar-refractivity contribution in [2.75, 3.05) is 25.0 Å². The van der Waals surface area contributed by atoms with Crippen LogP contribution in [0, 0.1) is 5.92 Å². The Kier molecular flexibility index (Phi) is 6.82. The average Bonchev–Trinajstić information content (AvgIpc) is 3.03. The minimum Gasteiger partial charge on any atom is -0.376 e. The third kappa shape index (κ3) is 4.73. The van der Waals surface area contributed by atoms with Crippen molar-refractivity contribution in [2.24, 2.45) is 5.92 Å². The average molecular weight is 341 g/mol. The van der Waals surface area contributed by atoms with Crippen molar-refractivity contribution in [1.82, 2.24) is 9.80 Å². The normalized spacial score (nSPS) is 14.9. The maximum Gasteiger partial charge on any atom is 0.242 e. The van der Waals surface area contributed by atoms with Crippen LogP contribution >= 0.6 is 0 Å². The van der Waals surface area contributed by atoms with Gasteiger partial charge in [-0.3, -0.25) is 9.69 Å². The van der Waals surface area contributed by atoms with E-state index >= 15 is 0 Å². The molecule has 1 unspecified atom stereocenters. The molecule has 1 aliphatic rings. The fourth-order valence-corrected chi connectivity index (χ4v) is 3.20. The highest BCUT2D eigenvalue weighted by molar-refractivity contribution is 5.81. The van der Waals surface area contributed by atoms with Crippen molar-refractivity contribution in [3.8, 4) is 0 Å². The second-order valence-corrected chi connectivity index (χ2v) is 7.06. The first-order chi connectivity index (χ1) is 12.0. The fraction of sp³-hybridized carbons (Fsp3) is 0.476. The van der Waals surface area contributed by atoms with Gasteiger partial charge in [0.05, 0.1) is 6.54 Å². The number of benzene rings is 1. The first-order valence-corrected chi connectivity index (χ1v) is 9.06. The number of nitrogens with one attached hydrogen (secondary N) is 1. The summed E-state index contributed by atoms with van der Waals surface area (Å²) in [6.07, 6.45) is 3.49. The van der Waals surface area contributed by atoms with Crippen LogP contribution in [0.25, 0.3) is 0 Å². The van der Waals surface area contributed by atoms with Gasteiger partial charge in [0.1, 0.15) is 0 Å². The third-order valence-electron chi connectivity index (χ3n) is 5.03. The van der Waals surface area contributed by atoms with Gasteiger partial charge in [0.25, 0.3) is 0 Å². The summed E-state index contributed by atoms with van der Waals surface area (Å²) >= 11 is 0. The molecule has 1 aliphatic heterocycles. The summed E-state index contributed by atoms with van der Waals surface area (Å²) in [6, 6.07) is 6.87. The van der Waals surface area contributed by atoms with Crippen molar-refractivity contribution >= 4 is 11.6 Å². The number of rotatable bonds is 9. The standard InChI is InChI=1S/C21H31N3O/c1-6-11-23(12-7-2)21(25)13-22-20-10-8-9-18-14-24(15-19(18)20)17(5)16(3)4/h6-10,16-17,22H,1-2,11-15H2,3-5H3. The molecule has 1 heterocycles. The predicted molar refractivity (Wildman–Crippen MR) is 105 cm³/mol. The van der Waals surface area contributed by atoms with Gasteiger partial charge in [0.2, 0.25) is 5.91 Å². The van der Waals surface area contributed by atoms with E-state index in [2.05, 4.69) is 62.3 Å². The highest BCUT2D eigenvalue weighted by atomic mass is 16.2. The van der Waals surface area contributed by atoms with Gasteiger partial charge in [0, 0.05) is 37.9 Å². The maximum absolute atomic E-state index is 12.4. The number of nitrogens with zero attached hydrogens (tertiary/aromatic N) is 2. The Bertz CT molecular complexity index is 614. The molecule has 1 N–H and O–H groups in total. The quantitative estimate of drug-likeness (QED) is 0.696. The molecule has 1 aromatic rings. The molecule has 0 fully saturated rings. The zero-order valence-electron chi connectivity index (χ0n) is 15.8. The molecule has 0 aromatic heterocycles. The van der Waals surface area contributed by atoms with Crippen LogP contribution in [0.4, 0.5) is 5.69 Å². The zero-order chi connectivity index (χ0) is 18.4. The molecule has 1 aromatic carbocycles. The lowest BCUT2D eigenvalue weighted by atomic mass is 10.1. The highest BCUT2D eigenvalue weighted by Gasteiger charge is 2.26. The van der Waals surface area contributed by atoms with E-state index in [4.69, 9.17) is 0 Å². The number of carbonyl (C=O) groups excluding carboxylic acids is 1. The summed E-state index contributed by atoms with van der Waals surface area (Å²) < 4.78 is 0. The Hall–Kier alpha value is -2.07. The molecular weight excluding hydrogens is 310 g/mol. The number of hydrogen-bond acceptors (Lipinski definition) is 3. The second-order valence-electron chi connectivity index (χ2n) is 7.06. The van der Waals surface area contributed by atoms with E-state index in [1.54, 1.807) is 17.1 Å². The number of anilines is 1. The van der Waals surface area contributed by atoms with Gasteiger partial charge in [-0.15, -0.1) is 13.2 Å². The highest BCUT2D eigenvalue weighted by Crippen LogP contribution is 2.31. The van der Waals surface area contributed by atoms with Crippen LogP contribution in [0.15, 0.2) is 43.5 Å². The molecule has 25 heavy (non-hydrogen) atoms. The largest absolute Gasteiger partial charge is 0.376 e. The lowest BCUT2D eigenvalue weighted by molar-refractivity contribution is -0.128. The number of amides is 1. The Morgan fingerprint density at radius 1 is 1.24 bits per heavy atom. The maximum atomic E-state index is 12.4. The molecule has 0 radical (unpaired) electrons. The molecule has 0 spiro atoms. The lowest BCUT2D eigenvalue weighted by Gasteiger charge is -2.27. The SMILES string of the molecule is C=CCN(CC=C)C(=O)CNc1cccc2c1CN(C(C)C(C)C)C2. The molecule has 4 nitrogen and oxygen atoms in total. The fourth-order valence-electron chi connectivity index (χ4n) is 3.20. The summed E-state index contributed by atoms with van der Waals surface area (Å²) in [5, 5.41) is 3.34. The Morgan fingerprint density at radius 3 is 2.52 bits per heavy atom. The Balaban J connectivity index is 2.04. The monoisotopic (exact) mass is 341 g/mol. The third-order valence-corrected chi connectivity index (χ3v) is 5.03. The zero-order valence-corrected chi connectivity index (χ0v) is 15.8. The van der Waals surface area contributed by atoms with E-state index in [0.717, 1.165) is 18.8 Å².